The first-order chi connectivity index (χ1) is 7.44. The molecular formula is C15H26O. The van der Waals surface area contributed by atoms with Crippen LogP contribution in [0.15, 0.2) is 11.6 Å². The second-order valence-electron chi connectivity index (χ2n) is 6.59. The lowest BCUT2D eigenvalue weighted by Crippen LogP contribution is -2.22. The maximum atomic E-state index is 10.4. The Balaban J connectivity index is 2.12. The lowest BCUT2D eigenvalue weighted by Gasteiger charge is -2.20. The molecule has 0 saturated heterocycles. The highest BCUT2D eigenvalue weighted by atomic mass is 16.3. The van der Waals surface area contributed by atoms with Crippen molar-refractivity contribution in [3.8, 4) is 0 Å². The van der Waals surface area contributed by atoms with Gasteiger partial charge in [0.15, 0.2) is 0 Å². The molecule has 2 aliphatic carbocycles. The number of allylic oxidation sites excluding steroid dienone is 2. The summed E-state index contributed by atoms with van der Waals surface area (Å²) in [5, 5.41) is 10.4. The number of rotatable bonds is 0. The summed E-state index contributed by atoms with van der Waals surface area (Å²) in [5.74, 6) is 1.75. The molecule has 0 aromatic heterocycles. The fourth-order valence-corrected chi connectivity index (χ4v) is 3.62. The first kappa shape index (κ1) is 12.2. The van der Waals surface area contributed by atoms with Crippen molar-refractivity contribution in [2.45, 2.75) is 59.5 Å². The first-order valence-electron chi connectivity index (χ1n) is 6.78. The predicted octanol–water partition coefficient (Wildman–Crippen LogP) is 3.78. The Bertz CT molecular complexity index is 290. The smallest absolute Gasteiger partial charge is 0.0602 e. The van der Waals surface area contributed by atoms with Crippen molar-refractivity contribution < 1.29 is 5.11 Å². The lowest BCUT2D eigenvalue weighted by molar-refractivity contribution is 0.0758. The van der Waals surface area contributed by atoms with Crippen molar-refractivity contribution in [2.75, 3.05) is 0 Å². The van der Waals surface area contributed by atoms with Gasteiger partial charge in [-0.05, 0) is 55.8 Å². The molecule has 1 heteroatoms. The van der Waals surface area contributed by atoms with E-state index in [1.54, 1.807) is 5.57 Å². The zero-order valence-corrected chi connectivity index (χ0v) is 11.2. The Morgan fingerprint density at radius 2 is 2.00 bits per heavy atom. The molecule has 1 saturated carbocycles. The molecule has 0 heterocycles. The van der Waals surface area contributed by atoms with Gasteiger partial charge in [0.25, 0.3) is 0 Å². The summed E-state index contributed by atoms with van der Waals surface area (Å²) < 4.78 is 0. The molecule has 0 radical (unpaired) electrons. The van der Waals surface area contributed by atoms with Crippen LogP contribution in [0, 0.1) is 23.2 Å². The van der Waals surface area contributed by atoms with Crippen LogP contribution in [0.5, 0.6) is 0 Å². The van der Waals surface area contributed by atoms with Crippen molar-refractivity contribution in [3.05, 3.63) is 11.6 Å². The van der Waals surface area contributed by atoms with Crippen molar-refractivity contribution in [2.24, 2.45) is 23.2 Å². The molecule has 4 atom stereocenters. The highest BCUT2D eigenvalue weighted by Crippen LogP contribution is 2.63. The van der Waals surface area contributed by atoms with E-state index in [2.05, 4.69) is 33.8 Å². The van der Waals surface area contributed by atoms with Crippen molar-refractivity contribution in [1.82, 2.24) is 0 Å². The van der Waals surface area contributed by atoms with E-state index in [9.17, 15) is 5.11 Å². The van der Waals surface area contributed by atoms with E-state index in [0.717, 1.165) is 18.8 Å². The van der Waals surface area contributed by atoms with Gasteiger partial charge in [0.2, 0.25) is 0 Å². The fraction of sp³-hybridized carbons (Fsp3) is 0.867. The average molecular weight is 222 g/mol. The van der Waals surface area contributed by atoms with Gasteiger partial charge in [0.1, 0.15) is 0 Å². The largest absolute Gasteiger partial charge is 0.393 e. The van der Waals surface area contributed by atoms with Crippen LogP contribution in [0.3, 0.4) is 0 Å². The molecule has 1 unspecified atom stereocenters. The Kier molecular flexibility index (Phi) is 3.18. The molecule has 0 spiro atoms. The number of aliphatic hydroxyl groups is 1. The molecule has 1 fully saturated rings. The van der Waals surface area contributed by atoms with Crippen LogP contribution in [-0.4, -0.2) is 11.2 Å². The van der Waals surface area contributed by atoms with Gasteiger partial charge in [-0.2, -0.15) is 0 Å². The van der Waals surface area contributed by atoms with Crippen molar-refractivity contribution >= 4 is 0 Å². The van der Waals surface area contributed by atoms with E-state index in [0.29, 0.717) is 17.3 Å². The molecule has 92 valence electrons. The topological polar surface area (TPSA) is 20.2 Å². The van der Waals surface area contributed by atoms with E-state index >= 15 is 0 Å². The van der Waals surface area contributed by atoms with Gasteiger partial charge in [0.05, 0.1) is 6.10 Å². The average Bonchev–Trinajstić information content (AvgIpc) is 2.75. The van der Waals surface area contributed by atoms with E-state index < -0.39 is 0 Å². The zero-order valence-electron chi connectivity index (χ0n) is 11.2. The van der Waals surface area contributed by atoms with Crippen LogP contribution in [-0.2, 0) is 0 Å². The molecule has 0 aromatic carbocycles. The van der Waals surface area contributed by atoms with Gasteiger partial charge in [-0.1, -0.05) is 32.4 Å². The normalized spacial score (nSPS) is 46.4. The highest BCUT2D eigenvalue weighted by Gasteiger charge is 2.60. The summed E-state index contributed by atoms with van der Waals surface area (Å²) in [6.45, 7) is 9.12. The quantitative estimate of drug-likeness (QED) is 0.618. The summed E-state index contributed by atoms with van der Waals surface area (Å²) in [5.41, 5.74) is 1.92. The minimum Gasteiger partial charge on any atom is -0.393 e. The van der Waals surface area contributed by atoms with Crippen molar-refractivity contribution in [1.29, 1.82) is 0 Å². The minimum atomic E-state index is -0.0770. The Labute approximate surface area is 99.9 Å². The van der Waals surface area contributed by atoms with E-state index in [1.807, 2.05) is 0 Å². The predicted molar refractivity (Wildman–Crippen MR) is 68.2 cm³/mol. The molecule has 0 bridgehead atoms. The van der Waals surface area contributed by atoms with E-state index in [-0.39, 0.29) is 6.10 Å². The summed E-state index contributed by atoms with van der Waals surface area (Å²) in [6.07, 6.45) is 7.07. The molecule has 1 N–H and O–H groups in total. The van der Waals surface area contributed by atoms with Gasteiger partial charge in [-0.3, -0.25) is 0 Å². The third-order valence-electron chi connectivity index (χ3n) is 5.05. The number of fused-ring (bicyclic) bond motifs is 1. The number of hydrogen-bond donors (Lipinski definition) is 1. The van der Waals surface area contributed by atoms with Crippen LogP contribution in [0.2, 0.25) is 0 Å². The van der Waals surface area contributed by atoms with Crippen LogP contribution < -0.4 is 0 Å². The molecule has 0 aromatic rings. The third kappa shape index (κ3) is 2.07. The van der Waals surface area contributed by atoms with Gasteiger partial charge in [-0.15, -0.1) is 0 Å². The van der Waals surface area contributed by atoms with E-state index in [1.165, 1.54) is 12.8 Å². The Hall–Kier alpha value is -0.300. The number of hydrogen-bond acceptors (Lipinski definition) is 1. The van der Waals surface area contributed by atoms with Crippen LogP contribution in [0.1, 0.15) is 53.4 Å². The highest BCUT2D eigenvalue weighted by molar-refractivity contribution is 5.11. The summed E-state index contributed by atoms with van der Waals surface area (Å²) >= 11 is 0. The number of aliphatic hydroxyl groups excluding tert-OH is 1. The molecule has 0 aliphatic heterocycles. The van der Waals surface area contributed by atoms with Crippen LogP contribution in [0.25, 0.3) is 0 Å². The fourth-order valence-electron chi connectivity index (χ4n) is 3.62. The van der Waals surface area contributed by atoms with Crippen molar-refractivity contribution in [3.63, 3.8) is 0 Å². The molecule has 1 nitrogen and oxygen atoms in total. The zero-order chi connectivity index (χ0) is 11.9. The second-order valence-corrected chi connectivity index (χ2v) is 6.59. The summed E-state index contributed by atoms with van der Waals surface area (Å²) in [7, 11) is 0. The third-order valence-corrected chi connectivity index (χ3v) is 5.05. The lowest BCUT2D eigenvalue weighted by atomic mass is 9.91. The standard InChI is InChI=1S/C15H26O/c1-10-6-5-7-11(2)14(16)13-12(9-8-10)15(13,3)4/h6,11-14,16H,5,7-9H2,1-4H3/b10-6+/t11-,12+,13-,14?/m1/s1. The second kappa shape index (κ2) is 4.18. The molecule has 2 rings (SSSR count). The minimum absolute atomic E-state index is 0.0770. The van der Waals surface area contributed by atoms with Gasteiger partial charge < -0.3 is 5.11 Å². The first-order valence-corrected chi connectivity index (χ1v) is 6.78. The molecule has 0 amide bonds. The summed E-state index contributed by atoms with van der Waals surface area (Å²) in [4.78, 5) is 0. The maximum Gasteiger partial charge on any atom is 0.0602 e. The monoisotopic (exact) mass is 222 g/mol. The van der Waals surface area contributed by atoms with E-state index in [4.69, 9.17) is 0 Å². The molecular weight excluding hydrogens is 196 g/mol. The SMILES string of the molecule is C/C1=C\CC[C@@H](C)C(O)[C@H]2[C@H](CC1)C2(C)C. The maximum absolute atomic E-state index is 10.4. The van der Waals surface area contributed by atoms with Gasteiger partial charge in [0, 0.05) is 0 Å². The Morgan fingerprint density at radius 3 is 2.69 bits per heavy atom. The van der Waals surface area contributed by atoms with Gasteiger partial charge >= 0.3 is 0 Å². The molecule has 16 heavy (non-hydrogen) atoms. The van der Waals surface area contributed by atoms with Crippen LogP contribution in [0.4, 0.5) is 0 Å². The Morgan fingerprint density at radius 1 is 1.31 bits per heavy atom. The van der Waals surface area contributed by atoms with Gasteiger partial charge in [-0.25, -0.2) is 0 Å². The summed E-state index contributed by atoms with van der Waals surface area (Å²) in [6, 6.07) is 0. The van der Waals surface area contributed by atoms with Crippen LogP contribution >= 0.6 is 0 Å². The molecule has 2 aliphatic rings.